The van der Waals surface area contributed by atoms with Crippen LogP contribution in [0.2, 0.25) is 0 Å². The first-order valence-electron chi connectivity index (χ1n) is 12.2. The van der Waals surface area contributed by atoms with Gasteiger partial charge in [-0.25, -0.2) is 0 Å². The van der Waals surface area contributed by atoms with Gasteiger partial charge in [0.05, 0.1) is 27.4 Å². The number of carbonyl (C=O) groups is 3. The molecule has 0 bridgehead atoms. The van der Waals surface area contributed by atoms with Crippen molar-refractivity contribution >= 4 is 17.8 Å². The molecule has 0 heterocycles. The molecule has 0 saturated heterocycles. The lowest BCUT2D eigenvalue weighted by Crippen LogP contribution is -2.47. The summed E-state index contributed by atoms with van der Waals surface area (Å²) in [5, 5.41) is 14.1. The molecule has 2 aromatic rings. The topological polar surface area (TPSA) is 111 Å². The van der Waals surface area contributed by atoms with Crippen LogP contribution in [0.4, 0.5) is 0 Å². The summed E-state index contributed by atoms with van der Waals surface area (Å²) in [6, 6.07) is 15.5. The van der Waals surface area contributed by atoms with E-state index in [2.05, 4.69) is 5.32 Å². The molecule has 4 atom stereocenters. The number of nitrogens with one attached hydrogen (secondary N) is 1. The number of aliphatic hydroxyl groups is 1. The lowest BCUT2D eigenvalue weighted by Gasteiger charge is -2.40. The van der Waals surface area contributed by atoms with Crippen LogP contribution in [-0.2, 0) is 19.1 Å². The molecule has 1 aliphatic rings. The van der Waals surface area contributed by atoms with Crippen molar-refractivity contribution in [2.75, 3.05) is 21.3 Å². The fourth-order valence-electron chi connectivity index (χ4n) is 5.13. The van der Waals surface area contributed by atoms with E-state index in [0.29, 0.717) is 17.7 Å². The number of methoxy groups -OCH3 is 3. The van der Waals surface area contributed by atoms with Gasteiger partial charge in [0.2, 0.25) is 0 Å². The number of rotatable bonds is 10. The summed E-state index contributed by atoms with van der Waals surface area (Å²) in [5.41, 5.74) is 1.32. The minimum atomic E-state index is -1.23. The third-order valence-electron chi connectivity index (χ3n) is 6.99. The minimum absolute atomic E-state index is 0.0438. The molecule has 0 aliphatic heterocycles. The van der Waals surface area contributed by atoms with Gasteiger partial charge in [0.25, 0.3) is 5.91 Å². The van der Waals surface area contributed by atoms with E-state index in [9.17, 15) is 19.5 Å². The number of esters is 2. The highest BCUT2D eigenvalue weighted by Crippen LogP contribution is 2.41. The molecule has 1 fully saturated rings. The molecule has 2 N–H and O–H groups in total. The van der Waals surface area contributed by atoms with Crippen molar-refractivity contribution in [1.29, 1.82) is 0 Å². The molecule has 194 valence electrons. The Morgan fingerprint density at radius 1 is 0.917 bits per heavy atom. The van der Waals surface area contributed by atoms with Crippen LogP contribution in [0.25, 0.3) is 0 Å². The smallest absolute Gasteiger partial charge is 0.320 e. The van der Waals surface area contributed by atoms with Gasteiger partial charge in [-0.05, 0) is 55.0 Å². The average molecular weight is 498 g/mol. The predicted octanol–water partition coefficient (Wildman–Crippen LogP) is 3.48. The van der Waals surface area contributed by atoms with Gasteiger partial charge in [-0.1, -0.05) is 43.2 Å². The maximum atomic E-state index is 13.3. The maximum absolute atomic E-state index is 13.3. The van der Waals surface area contributed by atoms with Gasteiger partial charge in [0.15, 0.2) is 5.92 Å². The van der Waals surface area contributed by atoms with Crippen LogP contribution < -0.4 is 10.1 Å². The van der Waals surface area contributed by atoms with Gasteiger partial charge < -0.3 is 24.6 Å². The number of carbonyl (C=O) groups excluding carboxylic acids is 3. The Labute approximate surface area is 211 Å². The number of ether oxygens (including phenoxy) is 3. The molecule has 36 heavy (non-hydrogen) atoms. The van der Waals surface area contributed by atoms with E-state index < -0.39 is 30.0 Å². The zero-order valence-corrected chi connectivity index (χ0v) is 21.0. The third-order valence-corrected chi connectivity index (χ3v) is 6.99. The second-order valence-electron chi connectivity index (χ2n) is 9.10. The van der Waals surface area contributed by atoms with Crippen LogP contribution in [0, 0.1) is 11.8 Å². The Hall–Kier alpha value is -3.39. The van der Waals surface area contributed by atoms with Gasteiger partial charge in [-0.2, -0.15) is 0 Å². The Morgan fingerprint density at radius 2 is 1.53 bits per heavy atom. The summed E-state index contributed by atoms with van der Waals surface area (Å²) in [5.74, 6) is -2.94. The van der Waals surface area contributed by atoms with Crippen LogP contribution in [-0.4, -0.2) is 56.4 Å². The molecule has 1 saturated carbocycles. The van der Waals surface area contributed by atoms with E-state index in [1.165, 1.54) is 14.2 Å². The van der Waals surface area contributed by atoms with Crippen molar-refractivity contribution < 1.29 is 33.7 Å². The normalized spacial score (nSPS) is 19.1. The van der Waals surface area contributed by atoms with Gasteiger partial charge >= 0.3 is 11.9 Å². The van der Waals surface area contributed by atoms with Gasteiger partial charge in [0, 0.05) is 17.5 Å². The Balaban J connectivity index is 2.07. The number of benzene rings is 2. The SMILES string of the molecule is COC(=O)C(C[C@H](NC(=O)c1ccccc1)[C@H](c1ccc(OC)cc1)[C@H]1CCCC[C@H]1O)C(=O)OC. The molecule has 1 aliphatic carbocycles. The van der Waals surface area contributed by atoms with E-state index in [1.54, 1.807) is 31.4 Å². The fraction of sp³-hybridized carbons (Fsp3) is 0.464. The van der Waals surface area contributed by atoms with Gasteiger partial charge in [-0.3, -0.25) is 14.4 Å². The Morgan fingerprint density at radius 3 is 2.08 bits per heavy atom. The largest absolute Gasteiger partial charge is 0.497 e. The van der Waals surface area contributed by atoms with Crippen molar-refractivity contribution in [1.82, 2.24) is 5.32 Å². The second kappa shape index (κ2) is 13.1. The van der Waals surface area contributed by atoms with Crippen molar-refractivity contribution in [2.24, 2.45) is 11.8 Å². The summed E-state index contributed by atoms with van der Waals surface area (Å²) in [7, 11) is 4.00. The van der Waals surface area contributed by atoms with Crippen LogP contribution in [0.3, 0.4) is 0 Å². The summed E-state index contributed by atoms with van der Waals surface area (Å²) >= 11 is 0. The second-order valence-corrected chi connectivity index (χ2v) is 9.10. The highest BCUT2D eigenvalue weighted by atomic mass is 16.5. The van der Waals surface area contributed by atoms with E-state index in [0.717, 1.165) is 24.8 Å². The third kappa shape index (κ3) is 6.63. The van der Waals surface area contributed by atoms with Crippen LogP contribution >= 0.6 is 0 Å². The zero-order chi connectivity index (χ0) is 26.1. The van der Waals surface area contributed by atoms with Crippen molar-refractivity contribution in [3.05, 3.63) is 65.7 Å². The first kappa shape index (κ1) is 27.2. The highest BCUT2D eigenvalue weighted by Gasteiger charge is 2.41. The lowest BCUT2D eigenvalue weighted by molar-refractivity contribution is -0.159. The fourth-order valence-corrected chi connectivity index (χ4v) is 5.13. The summed E-state index contributed by atoms with van der Waals surface area (Å²) in [6.07, 6.45) is 2.62. The Kier molecular flexibility index (Phi) is 9.87. The molecular weight excluding hydrogens is 462 g/mol. The molecule has 0 spiro atoms. The number of aliphatic hydroxyl groups excluding tert-OH is 1. The zero-order valence-electron chi connectivity index (χ0n) is 21.0. The molecule has 3 rings (SSSR count). The predicted molar refractivity (Wildman–Crippen MR) is 134 cm³/mol. The van der Waals surface area contributed by atoms with Crippen molar-refractivity contribution in [3.63, 3.8) is 0 Å². The van der Waals surface area contributed by atoms with Crippen LogP contribution in [0.1, 0.15) is 53.9 Å². The van der Waals surface area contributed by atoms with E-state index in [-0.39, 0.29) is 24.2 Å². The summed E-state index contributed by atoms with van der Waals surface area (Å²) < 4.78 is 15.1. The van der Waals surface area contributed by atoms with Crippen molar-refractivity contribution in [3.8, 4) is 5.75 Å². The molecule has 0 unspecified atom stereocenters. The van der Waals surface area contributed by atoms with Gasteiger partial charge in [-0.15, -0.1) is 0 Å². The molecule has 1 amide bonds. The number of hydrogen-bond donors (Lipinski definition) is 2. The molecular formula is C28H35NO7. The number of hydrogen-bond acceptors (Lipinski definition) is 7. The van der Waals surface area contributed by atoms with E-state index in [1.807, 2.05) is 30.3 Å². The molecule has 0 radical (unpaired) electrons. The maximum Gasteiger partial charge on any atom is 0.320 e. The Bertz CT molecular complexity index is 992. The summed E-state index contributed by atoms with van der Waals surface area (Å²) in [6.45, 7) is 0. The molecule has 0 aromatic heterocycles. The molecule has 2 aromatic carbocycles. The van der Waals surface area contributed by atoms with Crippen LogP contribution in [0.5, 0.6) is 5.75 Å². The van der Waals surface area contributed by atoms with E-state index >= 15 is 0 Å². The monoisotopic (exact) mass is 497 g/mol. The minimum Gasteiger partial charge on any atom is -0.497 e. The number of amides is 1. The van der Waals surface area contributed by atoms with Gasteiger partial charge in [0.1, 0.15) is 5.75 Å². The van der Waals surface area contributed by atoms with E-state index in [4.69, 9.17) is 14.2 Å². The summed E-state index contributed by atoms with van der Waals surface area (Å²) in [4.78, 5) is 38.5. The first-order chi connectivity index (χ1) is 17.4. The lowest BCUT2D eigenvalue weighted by atomic mass is 9.70. The van der Waals surface area contributed by atoms with Crippen LogP contribution in [0.15, 0.2) is 54.6 Å². The highest BCUT2D eigenvalue weighted by molar-refractivity contribution is 5.96. The molecule has 8 nitrogen and oxygen atoms in total. The first-order valence-corrected chi connectivity index (χ1v) is 12.2. The standard InChI is InChI=1S/C28H35NO7/c1-34-20-15-13-18(14-16-20)25(21-11-7-8-12-24(21)30)23(17-22(27(32)35-2)28(33)36-3)29-26(31)19-9-5-4-6-10-19/h4-6,9-10,13-16,21-25,30H,7-8,11-12,17H2,1-3H3,(H,29,31)/t21-,23-,24+,25+/m0/s1. The molecule has 8 heteroatoms. The average Bonchev–Trinajstić information content (AvgIpc) is 2.92. The van der Waals surface area contributed by atoms with Crippen molar-refractivity contribution in [2.45, 2.75) is 50.2 Å². The quantitative estimate of drug-likeness (QED) is 0.382.